The molecule has 2 aromatic rings. The average molecular weight is 264 g/mol. The Hall–Kier alpha value is -1.48. The maximum Gasteiger partial charge on any atom is 0.329 e. The van der Waals surface area contributed by atoms with Crippen LogP contribution in [0, 0.1) is 5.92 Å². The van der Waals surface area contributed by atoms with Crippen LogP contribution >= 0.6 is 11.6 Å². The van der Waals surface area contributed by atoms with Crippen molar-refractivity contribution in [3.63, 3.8) is 0 Å². The first-order valence-corrected chi connectivity index (χ1v) is 6.43. The molecule has 1 aromatic heterocycles. The topological polar surface area (TPSA) is 31.2 Å². The molecule has 4 heteroatoms. The summed E-state index contributed by atoms with van der Waals surface area (Å²) in [5.41, 5.74) is 0.991. The fourth-order valence-corrected chi connectivity index (χ4v) is 2.69. The molecule has 18 heavy (non-hydrogen) atoms. The van der Waals surface area contributed by atoms with Crippen molar-refractivity contribution in [1.82, 2.24) is 4.57 Å². The van der Waals surface area contributed by atoms with Crippen LogP contribution < -0.4 is 0 Å². The van der Waals surface area contributed by atoms with Crippen molar-refractivity contribution >= 4 is 28.5 Å². The Balaban J connectivity index is 2.12. The fourth-order valence-electron chi connectivity index (χ4n) is 2.46. The third-order valence-corrected chi connectivity index (χ3v) is 3.85. The first-order chi connectivity index (χ1) is 8.72. The molecular formula is C14H14ClNO2. The number of ether oxygens (including phenoxy) is 1. The Bertz CT molecular complexity index is 601. The highest BCUT2D eigenvalue weighted by molar-refractivity contribution is 6.35. The molecule has 1 heterocycles. The largest absolute Gasteiger partial charge is 0.467 e. The van der Waals surface area contributed by atoms with Crippen LogP contribution in [-0.4, -0.2) is 17.6 Å². The number of hydrogen-bond donors (Lipinski definition) is 0. The van der Waals surface area contributed by atoms with Gasteiger partial charge in [0.05, 0.1) is 12.6 Å². The van der Waals surface area contributed by atoms with E-state index in [1.807, 2.05) is 35.0 Å². The third kappa shape index (κ3) is 1.79. The number of halogens is 1. The molecule has 1 atom stereocenters. The van der Waals surface area contributed by atoms with E-state index in [0.29, 0.717) is 10.9 Å². The first kappa shape index (κ1) is 11.6. The zero-order valence-electron chi connectivity index (χ0n) is 10.1. The van der Waals surface area contributed by atoms with Gasteiger partial charge in [0.15, 0.2) is 0 Å². The predicted octanol–water partition coefficient (Wildman–Crippen LogP) is 3.42. The lowest BCUT2D eigenvalue weighted by Crippen LogP contribution is -2.22. The van der Waals surface area contributed by atoms with Crippen molar-refractivity contribution in [3.05, 3.63) is 35.5 Å². The molecule has 0 saturated heterocycles. The maximum atomic E-state index is 11.9. The second-order valence-electron chi connectivity index (χ2n) is 4.70. The van der Waals surface area contributed by atoms with Crippen LogP contribution in [0.4, 0.5) is 0 Å². The highest BCUT2D eigenvalue weighted by Gasteiger charge is 2.38. The molecule has 0 aliphatic heterocycles. The van der Waals surface area contributed by atoms with Crippen LogP contribution in [0.5, 0.6) is 0 Å². The molecule has 3 rings (SSSR count). The normalized spacial score (nSPS) is 16.8. The van der Waals surface area contributed by atoms with Gasteiger partial charge in [-0.05, 0) is 37.0 Å². The number of hydrogen-bond acceptors (Lipinski definition) is 2. The van der Waals surface area contributed by atoms with Crippen molar-refractivity contribution in [1.29, 1.82) is 0 Å². The third-order valence-electron chi connectivity index (χ3n) is 3.52. The summed E-state index contributed by atoms with van der Waals surface area (Å²) >= 11 is 6.15. The van der Waals surface area contributed by atoms with Crippen LogP contribution in [0.3, 0.4) is 0 Å². The quantitative estimate of drug-likeness (QED) is 0.795. The summed E-state index contributed by atoms with van der Waals surface area (Å²) in [6.07, 6.45) is 4.09. The minimum atomic E-state index is -0.217. The van der Waals surface area contributed by atoms with E-state index in [1.165, 1.54) is 7.11 Å². The van der Waals surface area contributed by atoms with Gasteiger partial charge in [-0.15, -0.1) is 0 Å². The van der Waals surface area contributed by atoms with Gasteiger partial charge in [-0.3, -0.25) is 0 Å². The van der Waals surface area contributed by atoms with Gasteiger partial charge in [-0.1, -0.05) is 17.7 Å². The number of rotatable bonds is 3. The molecule has 0 N–H and O–H groups in total. The Kier molecular flexibility index (Phi) is 2.78. The van der Waals surface area contributed by atoms with Gasteiger partial charge in [0.2, 0.25) is 0 Å². The SMILES string of the molecule is COC(=O)C(C1CC1)n1ccc2c(Cl)cccc21. The van der Waals surface area contributed by atoms with E-state index >= 15 is 0 Å². The Morgan fingerprint density at radius 3 is 2.89 bits per heavy atom. The minimum absolute atomic E-state index is 0.171. The maximum absolute atomic E-state index is 11.9. The number of nitrogens with zero attached hydrogens (tertiary/aromatic N) is 1. The first-order valence-electron chi connectivity index (χ1n) is 6.05. The van der Waals surface area contributed by atoms with Gasteiger partial charge in [0.25, 0.3) is 0 Å². The van der Waals surface area contributed by atoms with E-state index in [0.717, 1.165) is 23.7 Å². The standard InChI is InChI=1S/C14H14ClNO2/c1-18-14(17)13(9-5-6-9)16-8-7-10-11(15)3-2-4-12(10)16/h2-4,7-9,13H,5-6H2,1H3. The van der Waals surface area contributed by atoms with Crippen LogP contribution in [0.25, 0.3) is 10.9 Å². The highest BCUT2D eigenvalue weighted by atomic mass is 35.5. The van der Waals surface area contributed by atoms with Crippen molar-refractivity contribution in [3.8, 4) is 0 Å². The molecule has 94 valence electrons. The van der Waals surface area contributed by atoms with Gasteiger partial charge >= 0.3 is 5.97 Å². The van der Waals surface area contributed by atoms with E-state index in [2.05, 4.69) is 0 Å². The van der Waals surface area contributed by atoms with E-state index in [1.54, 1.807) is 0 Å². The smallest absolute Gasteiger partial charge is 0.329 e. The molecule has 0 bridgehead atoms. The molecule has 3 nitrogen and oxygen atoms in total. The van der Waals surface area contributed by atoms with Gasteiger partial charge in [-0.2, -0.15) is 0 Å². The molecular weight excluding hydrogens is 250 g/mol. The lowest BCUT2D eigenvalue weighted by Gasteiger charge is -2.17. The van der Waals surface area contributed by atoms with E-state index in [4.69, 9.17) is 16.3 Å². The Labute approximate surface area is 110 Å². The molecule has 1 aromatic carbocycles. The molecule has 1 saturated carbocycles. The minimum Gasteiger partial charge on any atom is -0.467 e. The number of benzene rings is 1. The number of carbonyl (C=O) groups is 1. The van der Waals surface area contributed by atoms with E-state index < -0.39 is 0 Å². The van der Waals surface area contributed by atoms with Crippen LogP contribution in [-0.2, 0) is 9.53 Å². The number of esters is 1. The van der Waals surface area contributed by atoms with E-state index in [9.17, 15) is 4.79 Å². The fraction of sp³-hybridized carbons (Fsp3) is 0.357. The van der Waals surface area contributed by atoms with Gasteiger partial charge in [-0.25, -0.2) is 4.79 Å². The van der Waals surface area contributed by atoms with Crippen molar-refractivity contribution < 1.29 is 9.53 Å². The summed E-state index contributed by atoms with van der Waals surface area (Å²) < 4.78 is 6.91. The lowest BCUT2D eigenvalue weighted by molar-refractivity contribution is -0.145. The second-order valence-corrected chi connectivity index (χ2v) is 5.11. The van der Waals surface area contributed by atoms with Gasteiger partial charge in [0, 0.05) is 16.6 Å². The number of aromatic nitrogens is 1. The lowest BCUT2D eigenvalue weighted by atomic mass is 10.1. The van der Waals surface area contributed by atoms with Crippen LogP contribution in [0.2, 0.25) is 5.02 Å². The number of methoxy groups -OCH3 is 1. The monoisotopic (exact) mass is 263 g/mol. The van der Waals surface area contributed by atoms with E-state index in [-0.39, 0.29) is 12.0 Å². The van der Waals surface area contributed by atoms with Crippen LogP contribution in [0.15, 0.2) is 30.5 Å². The Morgan fingerprint density at radius 2 is 2.22 bits per heavy atom. The molecule has 0 spiro atoms. The Morgan fingerprint density at radius 1 is 1.44 bits per heavy atom. The van der Waals surface area contributed by atoms with Crippen molar-refractivity contribution in [2.24, 2.45) is 5.92 Å². The molecule has 1 unspecified atom stereocenters. The summed E-state index contributed by atoms with van der Waals surface area (Å²) in [6, 6.07) is 7.49. The molecule has 1 aliphatic rings. The zero-order valence-corrected chi connectivity index (χ0v) is 10.9. The number of fused-ring (bicyclic) bond motifs is 1. The predicted molar refractivity (Wildman–Crippen MR) is 70.7 cm³/mol. The molecule has 1 aliphatic carbocycles. The summed E-state index contributed by atoms with van der Waals surface area (Å²) in [6.45, 7) is 0. The van der Waals surface area contributed by atoms with Crippen molar-refractivity contribution in [2.75, 3.05) is 7.11 Å². The van der Waals surface area contributed by atoms with Gasteiger partial charge < -0.3 is 9.30 Å². The number of carbonyl (C=O) groups excluding carboxylic acids is 1. The zero-order chi connectivity index (χ0) is 12.7. The summed E-state index contributed by atoms with van der Waals surface area (Å²) in [4.78, 5) is 11.9. The summed E-state index contributed by atoms with van der Waals surface area (Å²) in [5.74, 6) is 0.224. The second kappa shape index (κ2) is 4.32. The molecule has 0 radical (unpaired) electrons. The molecule has 0 amide bonds. The molecule has 1 fully saturated rings. The summed E-state index contributed by atoms with van der Waals surface area (Å²) in [5, 5.41) is 1.69. The van der Waals surface area contributed by atoms with Crippen molar-refractivity contribution in [2.45, 2.75) is 18.9 Å². The average Bonchev–Trinajstić information content (AvgIpc) is 3.11. The summed E-state index contributed by atoms with van der Waals surface area (Å²) in [7, 11) is 1.44. The van der Waals surface area contributed by atoms with Gasteiger partial charge in [0.1, 0.15) is 6.04 Å². The van der Waals surface area contributed by atoms with Crippen LogP contribution in [0.1, 0.15) is 18.9 Å². The highest BCUT2D eigenvalue weighted by Crippen LogP contribution is 2.42.